The van der Waals surface area contributed by atoms with Crippen molar-refractivity contribution in [2.24, 2.45) is 5.41 Å². The predicted octanol–water partition coefficient (Wildman–Crippen LogP) is 2.77. The van der Waals surface area contributed by atoms with Crippen LogP contribution in [0.25, 0.3) is 0 Å². The van der Waals surface area contributed by atoms with Gasteiger partial charge >= 0.3 is 0 Å². The van der Waals surface area contributed by atoms with E-state index < -0.39 is 0 Å². The Balaban J connectivity index is 2.39. The third kappa shape index (κ3) is 1.65. The molecule has 0 bridgehead atoms. The molecule has 2 rings (SSSR count). The minimum Gasteiger partial charge on any atom is -0.497 e. The molecular weight excluding hydrogens is 188 g/mol. The molecule has 80 valence electrons. The van der Waals surface area contributed by atoms with Crippen LogP contribution < -0.4 is 0 Å². The van der Waals surface area contributed by atoms with Crippen LogP contribution in [0.4, 0.5) is 0 Å². The molecular formula is C13H16O2. The number of aldehydes is 1. The minimum atomic E-state index is 0.219. The second-order valence-electron chi connectivity index (χ2n) is 4.46. The average Bonchev–Trinajstić information content (AvgIpc) is 2.56. The van der Waals surface area contributed by atoms with E-state index in [4.69, 9.17) is 4.74 Å². The second-order valence-corrected chi connectivity index (χ2v) is 4.46. The van der Waals surface area contributed by atoms with E-state index >= 15 is 0 Å². The van der Waals surface area contributed by atoms with Crippen molar-refractivity contribution in [1.82, 2.24) is 0 Å². The average molecular weight is 204 g/mol. The van der Waals surface area contributed by atoms with Crippen LogP contribution in [0.1, 0.15) is 26.2 Å². The zero-order chi connectivity index (χ0) is 10.9. The Labute approximate surface area is 90.3 Å². The van der Waals surface area contributed by atoms with Crippen molar-refractivity contribution < 1.29 is 9.53 Å². The van der Waals surface area contributed by atoms with Crippen LogP contribution in [0.5, 0.6) is 0 Å². The van der Waals surface area contributed by atoms with E-state index in [1.807, 2.05) is 0 Å². The van der Waals surface area contributed by atoms with E-state index in [1.165, 1.54) is 11.1 Å². The predicted molar refractivity (Wildman–Crippen MR) is 59.3 cm³/mol. The number of carbonyl (C=O) groups is 1. The standard InChI is InChI=1S/C13H16O2/c1-13-6-3-10(5-8-14)12(13)9-11(15-2)4-7-13/h4-5,8-9H,3,6-7H2,1-2H3/b10-5+. The first-order valence-corrected chi connectivity index (χ1v) is 5.31. The van der Waals surface area contributed by atoms with Gasteiger partial charge in [-0.15, -0.1) is 0 Å². The molecule has 15 heavy (non-hydrogen) atoms. The molecule has 0 radical (unpaired) electrons. The van der Waals surface area contributed by atoms with Crippen molar-refractivity contribution in [1.29, 1.82) is 0 Å². The second kappa shape index (κ2) is 3.69. The van der Waals surface area contributed by atoms with Crippen LogP contribution in [0.3, 0.4) is 0 Å². The van der Waals surface area contributed by atoms with Crippen LogP contribution in [-0.2, 0) is 9.53 Å². The van der Waals surface area contributed by atoms with Gasteiger partial charge < -0.3 is 4.74 Å². The third-order valence-electron chi connectivity index (χ3n) is 3.49. The maximum Gasteiger partial charge on any atom is 0.143 e. The van der Waals surface area contributed by atoms with Crippen molar-refractivity contribution in [2.75, 3.05) is 7.11 Å². The van der Waals surface area contributed by atoms with Crippen molar-refractivity contribution in [3.63, 3.8) is 0 Å². The maximum absolute atomic E-state index is 10.5. The molecule has 0 spiro atoms. The molecule has 2 aliphatic carbocycles. The van der Waals surface area contributed by atoms with Crippen LogP contribution in [0.15, 0.2) is 35.1 Å². The first-order valence-electron chi connectivity index (χ1n) is 5.31. The normalized spacial score (nSPS) is 32.0. The van der Waals surface area contributed by atoms with E-state index in [2.05, 4.69) is 19.1 Å². The fourth-order valence-electron chi connectivity index (χ4n) is 2.47. The summed E-state index contributed by atoms with van der Waals surface area (Å²) in [7, 11) is 1.68. The highest BCUT2D eigenvalue weighted by molar-refractivity contribution is 5.69. The smallest absolute Gasteiger partial charge is 0.143 e. The number of methoxy groups -OCH3 is 1. The summed E-state index contributed by atoms with van der Waals surface area (Å²) < 4.78 is 5.24. The molecule has 0 aromatic rings. The Morgan fingerprint density at radius 1 is 1.53 bits per heavy atom. The Bertz CT molecular complexity index is 374. The van der Waals surface area contributed by atoms with Crippen LogP contribution in [-0.4, -0.2) is 13.4 Å². The molecule has 2 heteroatoms. The van der Waals surface area contributed by atoms with E-state index in [1.54, 1.807) is 13.2 Å². The van der Waals surface area contributed by atoms with Gasteiger partial charge in [-0.1, -0.05) is 6.92 Å². The lowest BCUT2D eigenvalue weighted by molar-refractivity contribution is -0.104. The third-order valence-corrected chi connectivity index (χ3v) is 3.49. The summed E-state index contributed by atoms with van der Waals surface area (Å²) in [6.45, 7) is 2.26. The summed E-state index contributed by atoms with van der Waals surface area (Å²) in [4.78, 5) is 10.5. The topological polar surface area (TPSA) is 26.3 Å². The molecule has 0 heterocycles. The molecule has 0 aromatic carbocycles. The zero-order valence-electron chi connectivity index (χ0n) is 9.25. The minimum absolute atomic E-state index is 0.219. The van der Waals surface area contributed by atoms with Gasteiger partial charge in [-0.3, -0.25) is 4.79 Å². The van der Waals surface area contributed by atoms with Crippen LogP contribution in [0, 0.1) is 5.41 Å². The van der Waals surface area contributed by atoms with Gasteiger partial charge in [0.15, 0.2) is 0 Å². The molecule has 2 aliphatic rings. The molecule has 2 nitrogen and oxygen atoms in total. The molecule has 0 aliphatic heterocycles. The van der Waals surface area contributed by atoms with Gasteiger partial charge in [-0.2, -0.15) is 0 Å². The molecule has 1 fully saturated rings. The molecule has 0 N–H and O–H groups in total. The largest absolute Gasteiger partial charge is 0.497 e. The van der Waals surface area contributed by atoms with E-state index in [-0.39, 0.29) is 5.41 Å². The van der Waals surface area contributed by atoms with E-state index in [0.29, 0.717) is 0 Å². The number of fused-ring (bicyclic) bond motifs is 1. The Hall–Kier alpha value is -1.31. The Morgan fingerprint density at radius 3 is 3.00 bits per heavy atom. The van der Waals surface area contributed by atoms with Gasteiger partial charge in [0.25, 0.3) is 0 Å². The first-order chi connectivity index (χ1) is 7.19. The van der Waals surface area contributed by atoms with Crippen molar-refractivity contribution in [3.05, 3.63) is 35.1 Å². The summed E-state index contributed by atoms with van der Waals surface area (Å²) in [6.07, 6.45) is 9.93. The molecule has 1 atom stereocenters. The number of hydrogen-bond donors (Lipinski definition) is 0. The van der Waals surface area contributed by atoms with Gasteiger partial charge in [0.1, 0.15) is 12.0 Å². The number of rotatable bonds is 2. The van der Waals surface area contributed by atoms with Crippen molar-refractivity contribution in [2.45, 2.75) is 26.2 Å². The van der Waals surface area contributed by atoms with Crippen LogP contribution >= 0.6 is 0 Å². The Morgan fingerprint density at radius 2 is 2.33 bits per heavy atom. The number of ether oxygens (including phenoxy) is 1. The fraction of sp³-hybridized carbons (Fsp3) is 0.462. The van der Waals surface area contributed by atoms with Gasteiger partial charge in [-0.05, 0) is 54.1 Å². The highest BCUT2D eigenvalue weighted by Gasteiger charge is 2.37. The molecule has 1 unspecified atom stereocenters. The number of carbonyl (C=O) groups excluding carboxylic acids is 1. The molecule has 0 aromatic heterocycles. The molecule has 0 saturated heterocycles. The highest BCUT2D eigenvalue weighted by atomic mass is 16.5. The summed E-state index contributed by atoms with van der Waals surface area (Å²) >= 11 is 0. The van der Waals surface area contributed by atoms with Crippen LogP contribution in [0.2, 0.25) is 0 Å². The van der Waals surface area contributed by atoms with Crippen molar-refractivity contribution >= 4 is 6.29 Å². The van der Waals surface area contributed by atoms with Gasteiger partial charge in [0, 0.05) is 0 Å². The quantitative estimate of drug-likeness (QED) is 0.510. The lowest BCUT2D eigenvalue weighted by Gasteiger charge is -2.28. The van der Waals surface area contributed by atoms with E-state index in [9.17, 15) is 4.79 Å². The number of hydrogen-bond acceptors (Lipinski definition) is 2. The summed E-state index contributed by atoms with van der Waals surface area (Å²) in [5.41, 5.74) is 2.68. The maximum atomic E-state index is 10.5. The fourth-order valence-corrected chi connectivity index (χ4v) is 2.47. The van der Waals surface area contributed by atoms with Crippen molar-refractivity contribution in [3.8, 4) is 0 Å². The lowest BCUT2D eigenvalue weighted by atomic mass is 9.77. The molecule has 0 amide bonds. The summed E-state index contributed by atoms with van der Waals surface area (Å²) in [5.74, 6) is 0.918. The van der Waals surface area contributed by atoms with Gasteiger partial charge in [0.2, 0.25) is 0 Å². The summed E-state index contributed by atoms with van der Waals surface area (Å²) in [5, 5.41) is 0. The first kappa shape index (κ1) is 10.2. The van der Waals surface area contributed by atoms with E-state index in [0.717, 1.165) is 31.3 Å². The van der Waals surface area contributed by atoms with Gasteiger partial charge in [-0.25, -0.2) is 0 Å². The Kier molecular flexibility index (Phi) is 2.51. The number of allylic oxidation sites excluding steroid dienone is 5. The van der Waals surface area contributed by atoms with Gasteiger partial charge in [0.05, 0.1) is 7.11 Å². The zero-order valence-corrected chi connectivity index (χ0v) is 9.25. The summed E-state index contributed by atoms with van der Waals surface area (Å²) in [6, 6.07) is 0. The molecule has 1 saturated carbocycles. The monoisotopic (exact) mass is 204 g/mol. The lowest BCUT2D eigenvalue weighted by Crippen LogP contribution is -2.16. The SMILES string of the molecule is COC1=CCC2(C)CC/C(=C\C=O)C2=C1. The highest BCUT2D eigenvalue weighted by Crippen LogP contribution is 2.50.